The van der Waals surface area contributed by atoms with Gasteiger partial charge in [0.05, 0.1) is 12.1 Å². The van der Waals surface area contributed by atoms with Gasteiger partial charge in [-0.1, -0.05) is 0 Å². The Balaban J connectivity index is 1.78. The van der Waals surface area contributed by atoms with Crippen molar-refractivity contribution < 1.29 is 22.4 Å². The van der Waals surface area contributed by atoms with E-state index in [9.17, 15) is 22.4 Å². The molecule has 0 aliphatic heterocycles. The summed E-state index contributed by atoms with van der Waals surface area (Å²) in [5.41, 5.74) is 0.138. The van der Waals surface area contributed by atoms with Crippen LogP contribution in [0.3, 0.4) is 0 Å². The second-order valence-corrected chi connectivity index (χ2v) is 8.98. The first-order valence-corrected chi connectivity index (χ1v) is 10.4. The van der Waals surface area contributed by atoms with Gasteiger partial charge in [0.15, 0.2) is 0 Å². The molecule has 1 aromatic heterocycles. The number of hydrogen-bond acceptors (Lipinski definition) is 5. The van der Waals surface area contributed by atoms with Crippen molar-refractivity contribution in [3.05, 3.63) is 51.1 Å². The van der Waals surface area contributed by atoms with Crippen LogP contribution in [-0.4, -0.2) is 26.8 Å². The van der Waals surface area contributed by atoms with Gasteiger partial charge in [0.2, 0.25) is 15.9 Å². The minimum Gasteiger partial charge on any atom is -0.351 e. The van der Waals surface area contributed by atoms with E-state index in [1.165, 1.54) is 18.2 Å². The Hall–Kier alpha value is -1.82. The number of amides is 2. The zero-order chi connectivity index (χ0) is 19.3. The molecule has 0 radical (unpaired) electrons. The van der Waals surface area contributed by atoms with Crippen LogP contribution in [0.25, 0.3) is 0 Å². The van der Waals surface area contributed by atoms with Crippen molar-refractivity contribution >= 4 is 49.1 Å². The van der Waals surface area contributed by atoms with Crippen LogP contribution >= 0.6 is 27.3 Å². The number of sulfonamides is 1. The number of rotatable bonds is 7. The molecule has 0 spiro atoms. The summed E-state index contributed by atoms with van der Waals surface area (Å²) in [5.74, 6) is -1.36. The summed E-state index contributed by atoms with van der Waals surface area (Å²) in [4.78, 5) is 24.4. The Kier molecular flexibility index (Phi) is 6.87. The first-order chi connectivity index (χ1) is 12.2. The van der Waals surface area contributed by atoms with Crippen molar-refractivity contribution in [1.29, 1.82) is 0 Å². The standard InChI is InChI=1S/C15H15BrFN3O4S2/c16-12-3-1-9(17)7-11(12)15(22)19-6-5-13(21)20-8-10-2-4-14(25-10)26(18,23)24/h1-4,7H,5-6,8H2,(H,19,22)(H,20,21)(H2,18,23,24). The number of thiophene rings is 1. The molecule has 0 aliphatic carbocycles. The second kappa shape index (κ2) is 8.71. The molecule has 0 atom stereocenters. The smallest absolute Gasteiger partial charge is 0.252 e. The van der Waals surface area contributed by atoms with Crippen molar-refractivity contribution in [3.63, 3.8) is 0 Å². The van der Waals surface area contributed by atoms with E-state index < -0.39 is 21.7 Å². The van der Waals surface area contributed by atoms with Gasteiger partial charge in [0.1, 0.15) is 10.0 Å². The normalized spacial score (nSPS) is 11.2. The van der Waals surface area contributed by atoms with Gasteiger partial charge in [-0.25, -0.2) is 17.9 Å². The molecule has 0 aliphatic rings. The number of benzene rings is 1. The predicted octanol–water partition coefficient (Wildman–Crippen LogP) is 1.73. The number of carbonyl (C=O) groups is 2. The highest BCUT2D eigenvalue weighted by Crippen LogP contribution is 2.20. The molecule has 140 valence electrons. The molecule has 0 saturated heterocycles. The molecule has 2 rings (SSSR count). The topological polar surface area (TPSA) is 118 Å². The van der Waals surface area contributed by atoms with Crippen molar-refractivity contribution in [2.24, 2.45) is 5.14 Å². The van der Waals surface area contributed by atoms with Gasteiger partial charge in [0, 0.05) is 22.3 Å². The zero-order valence-electron chi connectivity index (χ0n) is 13.3. The first kappa shape index (κ1) is 20.5. The molecule has 1 aromatic carbocycles. The average molecular weight is 464 g/mol. The Morgan fingerprint density at radius 1 is 1.19 bits per heavy atom. The third kappa shape index (κ3) is 5.87. The molecule has 2 amide bonds. The van der Waals surface area contributed by atoms with Gasteiger partial charge >= 0.3 is 0 Å². The van der Waals surface area contributed by atoms with E-state index in [1.54, 1.807) is 6.07 Å². The van der Waals surface area contributed by atoms with E-state index in [-0.39, 0.29) is 35.2 Å². The highest BCUT2D eigenvalue weighted by Gasteiger charge is 2.13. The molecule has 11 heteroatoms. The SMILES string of the molecule is NS(=O)(=O)c1ccc(CNC(=O)CCNC(=O)c2cc(F)ccc2Br)s1. The summed E-state index contributed by atoms with van der Waals surface area (Å²) >= 11 is 4.13. The van der Waals surface area contributed by atoms with E-state index in [4.69, 9.17) is 5.14 Å². The van der Waals surface area contributed by atoms with Crippen LogP contribution in [0.2, 0.25) is 0 Å². The van der Waals surface area contributed by atoms with Crippen molar-refractivity contribution in [2.45, 2.75) is 17.2 Å². The Labute approximate surface area is 162 Å². The van der Waals surface area contributed by atoms with E-state index in [0.29, 0.717) is 9.35 Å². The Morgan fingerprint density at radius 3 is 2.58 bits per heavy atom. The van der Waals surface area contributed by atoms with Gasteiger partial charge in [0.25, 0.3) is 5.91 Å². The fourth-order valence-corrected chi connectivity index (χ4v) is 4.08. The predicted molar refractivity (Wildman–Crippen MR) is 98.6 cm³/mol. The molecular weight excluding hydrogens is 449 g/mol. The maximum atomic E-state index is 13.2. The van der Waals surface area contributed by atoms with Gasteiger partial charge < -0.3 is 10.6 Å². The number of nitrogens with one attached hydrogen (secondary N) is 2. The van der Waals surface area contributed by atoms with Crippen molar-refractivity contribution in [2.75, 3.05) is 6.54 Å². The summed E-state index contributed by atoms with van der Waals surface area (Å²) in [6.07, 6.45) is 0.0199. The second-order valence-electron chi connectivity index (χ2n) is 5.17. The number of primary sulfonamides is 1. The fraction of sp³-hybridized carbons (Fsp3) is 0.200. The molecule has 0 fully saturated rings. The molecular formula is C15H15BrFN3O4S2. The first-order valence-electron chi connectivity index (χ1n) is 7.28. The van der Waals surface area contributed by atoms with Crippen LogP contribution in [0, 0.1) is 5.82 Å². The summed E-state index contributed by atoms with van der Waals surface area (Å²) in [6.45, 7) is 0.225. The highest BCUT2D eigenvalue weighted by atomic mass is 79.9. The largest absolute Gasteiger partial charge is 0.351 e. The van der Waals surface area contributed by atoms with Gasteiger partial charge in [-0.15, -0.1) is 11.3 Å². The molecule has 0 bridgehead atoms. The van der Waals surface area contributed by atoms with E-state index in [1.807, 2.05) is 0 Å². The highest BCUT2D eigenvalue weighted by molar-refractivity contribution is 9.10. The lowest BCUT2D eigenvalue weighted by atomic mass is 10.2. The van der Waals surface area contributed by atoms with Gasteiger partial charge in [-0.05, 0) is 46.3 Å². The summed E-state index contributed by atoms with van der Waals surface area (Å²) < 4.78 is 36.0. The fourth-order valence-electron chi connectivity index (χ4n) is 1.94. The van der Waals surface area contributed by atoms with E-state index in [0.717, 1.165) is 17.4 Å². The molecule has 26 heavy (non-hydrogen) atoms. The summed E-state index contributed by atoms with van der Waals surface area (Å²) in [6, 6.07) is 6.68. The molecule has 0 saturated carbocycles. The number of nitrogens with two attached hydrogens (primary N) is 1. The van der Waals surface area contributed by atoms with Gasteiger partial charge in [-0.2, -0.15) is 0 Å². The molecule has 4 N–H and O–H groups in total. The molecule has 7 nitrogen and oxygen atoms in total. The van der Waals surface area contributed by atoms with Crippen LogP contribution in [0.5, 0.6) is 0 Å². The maximum absolute atomic E-state index is 13.2. The van der Waals surface area contributed by atoms with Crippen LogP contribution in [-0.2, 0) is 21.4 Å². The number of hydrogen-bond donors (Lipinski definition) is 3. The van der Waals surface area contributed by atoms with Gasteiger partial charge in [-0.3, -0.25) is 9.59 Å². The van der Waals surface area contributed by atoms with Crippen molar-refractivity contribution in [1.82, 2.24) is 10.6 Å². The van der Waals surface area contributed by atoms with Crippen LogP contribution in [0.4, 0.5) is 4.39 Å². The van der Waals surface area contributed by atoms with Crippen LogP contribution in [0.15, 0.2) is 39.0 Å². The monoisotopic (exact) mass is 463 g/mol. The summed E-state index contributed by atoms with van der Waals surface area (Å²) in [7, 11) is -3.75. The van der Waals surface area contributed by atoms with Crippen LogP contribution in [0.1, 0.15) is 21.7 Å². The lowest BCUT2D eigenvalue weighted by Crippen LogP contribution is -2.30. The zero-order valence-corrected chi connectivity index (χ0v) is 16.5. The van der Waals surface area contributed by atoms with Crippen LogP contribution < -0.4 is 15.8 Å². The number of halogens is 2. The molecule has 0 unspecified atom stereocenters. The molecule has 1 heterocycles. The van der Waals surface area contributed by atoms with E-state index >= 15 is 0 Å². The Morgan fingerprint density at radius 2 is 1.92 bits per heavy atom. The Bertz CT molecular complexity index is 931. The lowest BCUT2D eigenvalue weighted by Gasteiger charge is -2.07. The minimum atomic E-state index is -3.75. The third-order valence-corrected chi connectivity index (χ3v) is 6.40. The number of carbonyl (C=O) groups excluding carboxylic acids is 2. The van der Waals surface area contributed by atoms with E-state index in [2.05, 4.69) is 26.6 Å². The minimum absolute atomic E-state index is 0.0199. The quantitative estimate of drug-likeness (QED) is 0.579. The maximum Gasteiger partial charge on any atom is 0.252 e. The molecule has 2 aromatic rings. The summed E-state index contributed by atoms with van der Waals surface area (Å²) in [5, 5.41) is 10.2. The van der Waals surface area contributed by atoms with Crippen molar-refractivity contribution in [3.8, 4) is 0 Å². The average Bonchev–Trinajstić information content (AvgIpc) is 3.04. The third-order valence-electron chi connectivity index (χ3n) is 3.19. The lowest BCUT2D eigenvalue weighted by molar-refractivity contribution is -0.121.